The number of fused-ring (bicyclic) bond motifs is 1. The Bertz CT molecular complexity index is 1180. The molecule has 40 heavy (non-hydrogen) atoms. The van der Waals surface area contributed by atoms with Crippen molar-refractivity contribution < 1.29 is 28.2 Å². The lowest BCUT2D eigenvalue weighted by atomic mass is 9.97. The molecule has 0 saturated heterocycles. The van der Waals surface area contributed by atoms with Crippen LogP contribution in [0, 0.1) is 0 Å². The van der Waals surface area contributed by atoms with Crippen molar-refractivity contribution in [2.24, 2.45) is 11.5 Å². The minimum Gasteiger partial charge on any atom is -0.481 e. The standard InChI is InChI=1S/C17H20N2O6S.2C6H13N/c1-19(2)14-7-3-6-12-11(14)5-4-8-15(12)26(24,25)18-13(17(22)23)9-10-16(20)21;2*7-6-4-2-1-3-5-6/h3-8,13,18H,9-10H2,1-2H3,(H,20,21)(H,22,23);2*6H,1-5,7H2. The monoisotopic (exact) mass is 578 g/mol. The van der Waals surface area contributed by atoms with E-state index >= 15 is 0 Å². The lowest BCUT2D eigenvalue weighted by molar-refractivity contribution is -0.140. The third-order valence-electron chi connectivity index (χ3n) is 7.17. The van der Waals surface area contributed by atoms with Crippen LogP contribution in [0.4, 0.5) is 5.69 Å². The van der Waals surface area contributed by atoms with Crippen LogP contribution in [0.15, 0.2) is 41.3 Å². The van der Waals surface area contributed by atoms with Crippen molar-refractivity contribution in [2.45, 2.75) is 100 Å². The Morgan fingerprint density at radius 3 is 1.80 bits per heavy atom. The van der Waals surface area contributed by atoms with E-state index in [1.807, 2.05) is 25.1 Å². The highest BCUT2D eigenvalue weighted by Crippen LogP contribution is 2.30. The Balaban J connectivity index is 0.000000322. The van der Waals surface area contributed by atoms with Crippen molar-refractivity contribution in [2.75, 3.05) is 19.0 Å². The SMILES string of the molecule is CN(C)c1cccc2c(S(=O)(=O)NC(CCC(=O)O)C(=O)O)cccc12.NC1CCCCC1.NC1CCCCC1. The highest BCUT2D eigenvalue weighted by atomic mass is 32.2. The molecule has 4 rings (SSSR count). The summed E-state index contributed by atoms with van der Waals surface area (Å²) in [6.07, 6.45) is 12.5. The molecule has 2 aliphatic carbocycles. The molecular weight excluding hydrogens is 532 g/mol. The summed E-state index contributed by atoms with van der Waals surface area (Å²) in [6, 6.07) is 9.50. The van der Waals surface area contributed by atoms with E-state index in [2.05, 4.69) is 4.72 Å². The second-order valence-corrected chi connectivity index (χ2v) is 12.4. The molecule has 10 nitrogen and oxygen atoms in total. The molecular formula is C29H46N4O6S. The van der Waals surface area contributed by atoms with Gasteiger partial charge >= 0.3 is 11.9 Å². The molecule has 0 amide bonds. The molecule has 1 atom stereocenters. The van der Waals surface area contributed by atoms with Crippen molar-refractivity contribution in [3.05, 3.63) is 36.4 Å². The summed E-state index contributed by atoms with van der Waals surface area (Å²) in [4.78, 5) is 23.8. The zero-order valence-electron chi connectivity index (χ0n) is 23.7. The van der Waals surface area contributed by atoms with Crippen molar-refractivity contribution >= 4 is 38.4 Å². The van der Waals surface area contributed by atoms with Crippen LogP contribution >= 0.6 is 0 Å². The third-order valence-corrected chi connectivity index (χ3v) is 8.70. The molecule has 0 heterocycles. The second-order valence-electron chi connectivity index (χ2n) is 10.8. The normalized spacial score (nSPS) is 17.1. The smallest absolute Gasteiger partial charge is 0.321 e. The summed E-state index contributed by atoms with van der Waals surface area (Å²) in [6.45, 7) is 0. The van der Waals surface area contributed by atoms with Crippen molar-refractivity contribution in [1.82, 2.24) is 4.72 Å². The highest BCUT2D eigenvalue weighted by Gasteiger charge is 2.27. The summed E-state index contributed by atoms with van der Waals surface area (Å²) in [5.41, 5.74) is 12.1. The molecule has 2 fully saturated rings. The molecule has 2 aromatic rings. The van der Waals surface area contributed by atoms with E-state index in [0.717, 1.165) is 5.69 Å². The summed E-state index contributed by atoms with van der Waals surface area (Å²) < 4.78 is 27.6. The van der Waals surface area contributed by atoms with E-state index in [-0.39, 0.29) is 11.3 Å². The Labute approximate surface area is 238 Å². The fourth-order valence-electron chi connectivity index (χ4n) is 4.91. The summed E-state index contributed by atoms with van der Waals surface area (Å²) in [5, 5.41) is 19.1. The molecule has 0 aliphatic heterocycles. The number of carboxylic acids is 2. The van der Waals surface area contributed by atoms with Crippen molar-refractivity contribution in [3.63, 3.8) is 0 Å². The van der Waals surface area contributed by atoms with E-state index in [1.165, 1.54) is 70.3 Å². The maximum absolute atomic E-state index is 12.8. The average molecular weight is 579 g/mol. The van der Waals surface area contributed by atoms with Gasteiger partial charge in [0, 0.05) is 49.1 Å². The predicted octanol–water partition coefficient (Wildman–Crippen LogP) is 4.06. The molecule has 0 radical (unpaired) electrons. The van der Waals surface area contributed by atoms with Gasteiger partial charge in [-0.15, -0.1) is 0 Å². The van der Waals surface area contributed by atoms with Gasteiger partial charge in [0.25, 0.3) is 0 Å². The number of nitrogens with zero attached hydrogens (tertiary/aromatic N) is 1. The molecule has 0 bridgehead atoms. The Kier molecular flexibility index (Phi) is 13.8. The molecule has 11 heteroatoms. The number of carbonyl (C=O) groups is 2. The van der Waals surface area contributed by atoms with Crippen molar-refractivity contribution in [1.29, 1.82) is 0 Å². The average Bonchev–Trinajstić information content (AvgIpc) is 2.91. The molecule has 0 spiro atoms. The Hall–Kier alpha value is -2.73. The van der Waals surface area contributed by atoms with E-state index in [0.29, 0.717) is 22.9 Å². The van der Waals surface area contributed by atoms with Gasteiger partial charge in [-0.2, -0.15) is 4.72 Å². The number of aliphatic carboxylic acids is 2. The van der Waals surface area contributed by atoms with Crippen LogP contribution in [-0.4, -0.2) is 62.8 Å². The number of hydrogen-bond donors (Lipinski definition) is 5. The Morgan fingerprint density at radius 1 is 0.875 bits per heavy atom. The molecule has 1 unspecified atom stereocenters. The first-order valence-electron chi connectivity index (χ1n) is 14.1. The van der Waals surface area contributed by atoms with Gasteiger partial charge in [0.1, 0.15) is 6.04 Å². The number of nitrogens with one attached hydrogen (secondary N) is 1. The third kappa shape index (κ3) is 11.0. The van der Waals surface area contributed by atoms with Crippen molar-refractivity contribution in [3.8, 4) is 0 Å². The Morgan fingerprint density at radius 2 is 1.38 bits per heavy atom. The van der Waals surface area contributed by atoms with Gasteiger partial charge in [0.05, 0.1) is 4.90 Å². The van der Waals surface area contributed by atoms with E-state index < -0.39 is 34.4 Å². The van der Waals surface area contributed by atoms with Gasteiger partial charge in [-0.3, -0.25) is 9.59 Å². The highest BCUT2D eigenvalue weighted by molar-refractivity contribution is 7.89. The number of anilines is 1. The van der Waals surface area contributed by atoms with E-state index in [1.54, 1.807) is 24.3 Å². The number of rotatable bonds is 8. The van der Waals surface area contributed by atoms with Crippen LogP contribution < -0.4 is 21.1 Å². The number of carboxylic acid groups (broad SMARTS) is 2. The van der Waals surface area contributed by atoms with Crippen LogP contribution in [0.1, 0.15) is 77.0 Å². The molecule has 2 aliphatic rings. The van der Waals surface area contributed by atoms with Crippen LogP contribution in [0.2, 0.25) is 0 Å². The van der Waals surface area contributed by atoms with Gasteiger partial charge in [-0.25, -0.2) is 8.42 Å². The first-order chi connectivity index (χ1) is 18.9. The van der Waals surface area contributed by atoms with Gasteiger partial charge < -0.3 is 26.6 Å². The zero-order chi connectivity index (χ0) is 29.7. The van der Waals surface area contributed by atoms with Crippen LogP contribution in [0.3, 0.4) is 0 Å². The first kappa shape index (κ1) is 33.5. The fourth-order valence-corrected chi connectivity index (χ4v) is 6.35. The summed E-state index contributed by atoms with van der Waals surface area (Å²) in [7, 11) is -0.496. The molecule has 2 saturated carbocycles. The van der Waals surface area contributed by atoms with Crippen LogP contribution in [-0.2, 0) is 19.6 Å². The predicted molar refractivity (Wildman–Crippen MR) is 159 cm³/mol. The number of nitrogens with two attached hydrogens (primary N) is 2. The minimum absolute atomic E-state index is 0.0553. The molecule has 224 valence electrons. The minimum atomic E-state index is -4.16. The largest absolute Gasteiger partial charge is 0.481 e. The van der Waals surface area contributed by atoms with Gasteiger partial charge in [0.15, 0.2) is 0 Å². The molecule has 2 aromatic carbocycles. The number of hydrogen-bond acceptors (Lipinski definition) is 7. The van der Waals surface area contributed by atoms with E-state index in [4.69, 9.17) is 16.6 Å². The lowest BCUT2D eigenvalue weighted by Crippen LogP contribution is -2.41. The van der Waals surface area contributed by atoms with Gasteiger partial charge in [0.2, 0.25) is 10.0 Å². The van der Waals surface area contributed by atoms with Gasteiger partial charge in [-0.1, -0.05) is 62.8 Å². The quantitative estimate of drug-likeness (QED) is 0.309. The lowest BCUT2D eigenvalue weighted by Gasteiger charge is -2.18. The number of benzene rings is 2. The fraction of sp³-hybridized carbons (Fsp3) is 0.586. The summed E-state index contributed by atoms with van der Waals surface area (Å²) in [5.74, 6) is -2.62. The number of sulfonamides is 1. The maximum atomic E-state index is 12.8. The zero-order valence-corrected chi connectivity index (χ0v) is 24.5. The maximum Gasteiger partial charge on any atom is 0.321 e. The van der Waals surface area contributed by atoms with Crippen LogP contribution in [0.25, 0.3) is 10.8 Å². The molecule has 0 aromatic heterocycles. The first-order valence-corrected chi connectivity index (χ1v) is 15.6. The van der Waals surface area contributed by atoms with E-state index in [9.17, 15) is 23.1 Å². The summed E-state index contributed by atoms with van der Waals surface area (Å²) >= 11 is 0. The van der Waals surface area contributed by atoms with Gasteiger partial charge in [-0.05, 0) is 44.2 Å². The molecule has 7 N–H and O–H groups in total. The van der Waals surface area contributed by atoms with Crippen LogP contribution in [0.5, 0.6) is 0 Å². The topological polar surface area (TPSA) is 176 Å². The second kappa shape index (κ2) is 16.5.